The highest BCUT2D eigenvalue weighted by Crippen LogP contribution is 2.40. The van der Waals surface area contributed by atoms with E-state index in [1.165, 1.54) is 9.91 Å². The summed E-state index contributed by atoms with van der Waals surface area (Å²) in [5, 5.41) is 9.48. The number of nitrogens with one attached hydrogen (secondary N) is 1. The molecule has 9 nitrogen and oxygen atoms in total. The minimum Gasteiger partial charge on any atom is -0.497 e. The first-order valence-electron chi connectivity index (χ1n) is 11.8. The summed E-state index contributed by atoms with van der Waals surface area (Å²) in [4.78, 5) is 27.8. The molecule has 0 saturated heterocycles. The standard InChI is InChI=1S/C26H33ClN4O5/c1-5-12-28-26(33)30(13-14-34-2)17-25(32)31-23(20-15-18(35-3)10-11-24(20)36-4)16-22(29-31)19-8-6-7-9-21(19)27/h6-11,15,23H,5,12-14,16-17H2,1-4H3,(H,28,33). The molecule has 194 valence electrons. The summed E-state index contributed by atoms with van der Waals surface area (Å²) in [6.07, 6.45) is 1.20. The van der Waals surface area contributed by atoms with Gasteiger partial charge >= 0.3 is 6.03 Å². The maximum absolute atomic E-state index is 13.6. The molecular formula is C26H33ClN4O5. The van der Waals surface area contributed by atoms with Gasteiger partial charge in [0.2, 0.25) is 0 Å². The number of hydrazone groups is 1. The number of halogens is 1. The molecule has 2 aromatic rings. The smallest absolute Gasteiger partial charge is 0.317 e. The van der Waals surface area contributed by atoms with Gasteiger partial charge in [-0.3, -0.25) is 4.79 Å². The monoisotopic (exact) mass is 516 g/mol. The van der Waals surface area contributed by atoms with Crippen molar-refractivity contribution in [3.05, 3.63) is 58.6 Å². The Balaban J connectivity index is 1.98. The van der Waals surface area contributed by atoms with E-state index in [1.54, 1.807) is 39.5 Å². The van der Waals surface area contributed by atoms with Crippen LogP contribution in [0.1, 0.15) is 36.9 Å². The van der Waals surface area contributed by atoms with Gasteiger partial charge in [0, 0.05) is 42.8 Å². The fourth-order valence-electron chi connectivity index (χ4n) is 3.97. The van der Waals surface area contributed by atoms with Gasteiger partial charge in [0.25, 0.3) is 5.91 Å². The predicted molar refractivity (Wildman–Crippen MR) is 139 cm³/mol. The van der Waals surface area contributed by atoms with Gasteiger partial charge in [0.05, 0.1) is 32.6 Å². The number of benzene rings is 2. The maximum Gasteiger partial charge on any atom is 0.317 e. The van der Waals surface area contributed by atoms with Crippen LogP contribution in [-0.4, -0.2) is 75.1 Å². The fraction of sp³-hybridized carbons (Fsp3) is 0.423. The van der Waals surface area contributed by atoms with E-state index in [0.29, 0.717) is 41.8 Å². The second kappa shape index (κ2) is 13.1. The lowest BCUT2D eigenvalue weighted by atomic mass is 9.97. The normalized spacial score (nSPS) is 14.9. The van der Waals surface area contributed by atoms with E-state index in [9.17, 15) is 9.59 Å². The molecule has 0 bridgehead atoms. The molecule has 1 aliphatic heterocycles. The molecule has 36 heavy (non-hydrogen) atoms. The van der Waals surface area contributed by atoms with Gasteiger partial charge in [-0.05, 0) is 30.7 Å². The lowest BCUT2D eigenvalue weighted by molar-refractivity contribution is -0.133. The molecule has 0 radical (unpaired) electrons. The Hall–Kier alpha value is -3.30. The van der Waals surface area contributed by atoms with Crippen LogP contribution >= 0.6 is 11.6 Å². The minimum atomic E-state index is -0.475. The molecule has 0 spiro atoms. The molecule has 1 heterocycles. The van der Waals surface area contributed by atoms with Crippen molar-refractivity contribution in [2.45, 2.75) is 25.8 Å². The summed E-state index contributed by atoms with van der Waals surface area (Å²) < 4.78 is 16.2. The quantitative estimate of drug-likeness (QED) is 0.485. The summed E-state index contributed by atoms with van der Waals surface area (Å²) in [5.41, 5.74) is 2.16. The third-order valence-corrected chi connectivity index (χ3v) is 6.18. The molecule has 10 heteroatoms. The summed E-state index contributed by atoms with van der Waals surface area (Å²) in [5.74, 6) is 0.894. The Kier molecular flexibility index (Phi) is 9.95. The van der Waals surface area contributed by atoms with Crippen LogP contribution in [-0.2, 0) is 9.53 Å². The lowest BCUT2D eigenvalue weighted by Crippen LogP contribution is -2.47. The van der Waals surface area contributed by atoms with Gasteiger partial charge in [-0.1, -0.05) is 36.7 Å². The molecule has 0 saturated carbocycles. The third-order valence-electron chi connectivity index (χ3n) is 5.85. The Morgan fingerprint density at radius 2 is 1.94 bits per heavy atom. The molecule has 0 fully saturated rings. The fourth-order valence-corrected chi connectivity index (χ4v) is 4.22. The zero-order valence-corrected chi connectivity index (χ0v) is 21.9. The highest BCUT2D eigenvalue weighted by molar-refractivity contribution is 6.34. The molecule has 1 aliphatic rings. The van der Waals surface area contributed by atoms with E-state index < -0.39 is 6.04 Å². The average Bonchev–Trinajstić information content (AvgIpc) is 3.34. The van der Waals surface area contributed by atoms with Crippen LogP contribution in [0.25, 0.3) is 0 Å². The highest BCUT2D eigenvalue weighted by Gasteiger charge is 2.36. The average molecular weight is 517 g/mol. The summed E-state index contributed by atoms with van der Waals surface area (Å²) in [6, 6.07) is 12.0. The number of hydrogen-bond donors (Lipinski definition) is 1. The predicted octanol–water partition coefficient (Wildman–Crippen LogP) is 4.10. The van der Waals surface area contributed by atoms with Crippen LogP contribution in [0.4, 0.5) is 4.79 Å². The van der Waals surface area contributed by atoms with Crippen LogP contribution in [0.2, 0.25) is 5.02 Å². The van der Waals surface area contributed by atoms with Gasteiger partial charge in [0.1, 0.15) is 18.0 Å². The minimum absolute atomic E-state index is 0.166. The first-order valence-corrected chi connectivity index (χ1v) is 12.2. The van der Waals surface area contributed by atoms with Crippen molar-refractivity contribution >= 4 is 29.3 Å². The zero-order chi connectivity index (χ0) is 26.1. The number of nitrogens with zero attached hydrogens (tertiary/aromatic N) is 3. The second-order valence-corrected chi connectivity index (χ2v) is 8.65. The largest absolute Gasteiger partial charge is 0.497 e. The van der Waals surface area contributed by atoms with Crippen LogP contribution in [0.15, 0.2) is 47.6 Å². The number of urea groups is 1. The Morgan fingerprint density at radius 3 is 2.61 bits per heavy atom. The van der Waals surface area contributed by atoms with E-state index in [4.69, 9.17) is 30.9 Å². The summed E-state index contributed by atoms with van der Waals surface area (Å²) in [7, 11) is 4.71. The Labute approximate surface area is 216 Å². The number of hydrogen-bond acceptors (Lipinski definition) is 6. The molecular weight excluding hydrogens is 484 g/mol. The van der Waals surface area contributed by atoms with Crippen molar-refractivity contribution in [1.29, 1.82) is 0 Å². The second-order valence-electron chi connectivity index (χ2n) is 8.24. The van der Waals surface area contributed by atoms with Gasteiger partial charge in [0.15, 0.2) is 0 Å². The van der Waals surface area contributed by atoms with Crippen molar-refractivity contribution in [3.63, 3.8) is 0 Å². The molecule has 3 rings (SSSR count). The van der Waals surface area contributed by atoms with Gasteiger partial charge in [-0.25, -0.2) is 9.80 Å². The number of carbonyl (C=O) groups is 2. The number of methoxy groups -OCH3 is 3. The highest BCUT2D eigenvalue weighted by atomic mass is 35.5. The Morgan fingerprint density at radius 1 is 1.17 bits per heavy atom. The molecule has 1 N–H and O–H groups in total. The van der Waals surface area contributed by atoms with Gasteiger partial charge in [-0.15, -0.1) is 0 Å². The van der Waals surface area contributed by atoms with Gasteiger partial charge < -0.3 is 24.4 Å². The lowest BCUT2D eigenvalue weighted by Gasteiger charge is -2.27. The third kappa shape index (κ3) is 6.47. The summed E-state index contributed by atoms with van der Waals surface area (Å²) >= 11 is 6.46. The molecule has 0 aliphatic carbocycles. The first-order chi connectivity index (χ1) is 17.4. The first kappa shape index (κ1) is 27.3. The van der Waals surface area contributed by atoms with Gasteiger partial charge in [-0.2, -0.15) is 5.10 Å². The molecule has 1 unspecified atom stereocenters. The van der Waals surface area contributed by atoms with Crippen LogP contribution in [0.3, 0.4) is 0 Å². The van der Waals surface area contributed by atoms with Crippen molar-refractivity contribution in [2.24, 2.45) is 5.10 Å². The van der Waals surface area contributed by atoms with Crippen molar-refractivity contribution < 1.29 is 23.8 Å². The number of rotatable bonds is 11. The van der Waals surface area contributed by atoms with E-state index >= 15 is 0 Å². The van der Waals surface area contributed by atoms with Crippen molar-refractivity contribution in [1.82, 2.24) is 15.2 Å². The topological polar surface area (TPSA) is 92.7 Å². The van der Waals surface area contributed by atoms with Crippen molar-refractivity contribution in [2.75, 3.05) is 47.6 Å². The molecule has 2 aromatic carbocycles. The SMILES string of the molecule is CCCNC(=O)N(CCOC)CC(=O)N1N=C(c2ccccc2Cl)CC1c1cc(OC)ccc1OC. The van der Waals surface area contributed by atoms with Crippen LogP contribution < -0.4 is 14.8 Å². The molecule has 3 amide bonds. The van der Waals surface area contributed by atoms with Crippen molar-refractivity contribution in [3.8, 4) is 11.5 Å². The molecule has 1 atom stereocenters. The van der Waals surface area contributed by atoms with E-state index in [2.05, 4.69) is 5.32 Å². The number of carbonyl (C=O) groups excluding carboxylic acids is 2. The Bertz CT molecular complexity index is 1090. The molecule has 0 aromatic heterocycles. The van der Waals surface area contributed by atoms with E-state index in [0.717, 1.165) is 17.5 Å². The zero-order valence-electron chi connectivity index (χ0n) is 21.1. The number of ether oxygens (including phenoxy) is 3. The summed E-state index contributed by atoms with van der Waals surface area (Å²) in [6.45, 7) is 2.87. The number of amides is 3. The van der Waals surface area contributed by atoms with E-state index in [1.807, 2.05) is 31.2 Å². The maximum atomic E-state index is 13.6. The van der Waals surface area contributed by atoms with Crippen LogP contribution in [0.5, 0.6) is 11.5 Å². The van der Waals surface area contributed by atoms with E-state index in [-0.39, 0.29) is 25.0 Å². The van der Waals surface area contributed by atoms with Crippen LogP contribution in [0, 0.1) is 0 Å².